The van der Waals surface area contributed by atoms with Crippen LogP contribution in [0.25, 0.3) is 32.9 Å². The molecule has 5 aromatic rings. The lowest BCUT2D eigenvalue weighted by molar-refractivity contribution is -0.124. The zero-order chi connectivity index (χ0) is 40.2. The molecule has 0 radical (unpaired) electrons. The van der Waals surface area contributed by atoms with Gasteiger partial charge in [0, 0.05) is 98.7 Å². The van der Waals surface area contributed by atoms with E-state index < -0.39 is 23.8 Å². The Morgan fingerprint density at radius 1 is 0.897 bits per heavy atom. The molecule has 3 amide bonds. The number of hydrogen-bond donors (Lipinski definition) is 1. The van der Waals surface area contributed by atoms with Crippen molar-refractivity contribution in [3.8, 4) is 22.8 Å². The SMILES string of the molecule is CNC(=O)C(CCC=O)N1C(=O)c2ccc(OC3CC4(C3)CN(CCCCOCCCCOc3ccc(-c5ccc6c7cnccc7n(C)c6c5)cn3)C4)cc2C1=O. The first-order valence-corrected chi connectivity index (χ1v) is 20.3. The van der Waals surface area contributed by atoms with Gasteiger partial charge in [0.1, 0.15) is 18.1 Å². The molecule has 1 N–H and O–H groups in total. The highest BCUT2D eigenvalue weighted by Crippen LogP contribution is 2.50. The van der Waals surface area contributed by atoms with E-state index in [2.05, 4.69) is 56.1 Å². The number of carbonyl (C=O) groups excluding carboxylic acids is 4. The lowest BCUT2D eigenvalue weighted by Gasteiger charge is -2.58. The first kappa shape index (κ1) is 39.2. The molecule has 1 saturated heterocycles. The number of pyridine rings is 2. The van der Waals surface area contributed by atoms with Crippen molar-refractivity contribution in [2.75, 3.05) is 46.5 Å². The summed E-state index contributed by atoms with van der Waals surface area (Å²) in [7, 11) is 3.53. The first-order valence-electron chi connectivity index (χ1n) is 20.3. The van der Waals surface area contributed by atoms with Gasteiger partial charge in [-0.15, -0.1) is 0 Å². The number of ether oxygens (including phenoxy) is 3. The number of aryl methyl sites for hydroxylation is 1. The number of aldehydes is 1. The van der Waals surface area contributed by atoms with Gasteiger partial charge in [0.05, 0.1) is 29.4 Å². The molecule has 13 heteroatoms. The quantitative estimate of drug-likeness (QED) is 0.0603. The third-order valence-corrected chi connectivity index (χ3v) is 11.9. The maximum Gasteiger partial charge on any atom is 0.262 e. The topological polar surface area (TPSA) is 145 Å². The van der Waals surface area contributed by atoms with Gasteiger partial charge in [0.15, 0.2) is 0 Å². The number of unbranched alkanes of at least 4 members (excludes halogenated alkanes) is 2. The lowest BCUT2D eigenvalue weighted by atomic mass is 9.61. The van der Waals surface area contributed by atoms with E-state index in [1.165, 1.54) is 23.5 Å². The fourth-order valence-corrected chi connectivity index (χ4v) is 8.86. The minimum atomic E-state index is -1.04. The van der Waals surface area contributed by atoms with Crippen molar-refractivity contribution in [3.05, 3.63) is 84.3 Å². The van der Waals surface area contributed by atoms with Gasteiger partial charge in [0.2, 0.25) is 11.8 Å². The smallest absolute Gasteiger partial charge is 0.262 e. The molecule has 58 heavy (non-hydrogen) atoms. The third kappa shape index (κ3) is 7.93. The second kappa shape index (κ2) is 17.1. The van der Waals surface area contributed by atoms with Gasteiger partial charge in [-0.05, 0) is 93.5 Å². The van der Waals surface area contributed by atoms with Gasteiger partial charge < -0.3 is 33.8 Å². The zero-order valence-electron chi connectivity index (χ0n) is 33.2. The number of aromatic nitrogens is 3. The molecule has 1 saturated carbocycles. The minimum absolute atomic E-state index is 0.0616. The Hall–Kier alpha value is -5.66. The first-order chi connectivity index (χ1) is 28.3. The van der Waals surface area contributed by atoms with Crippen molar-refractivity contribution in [1.29, 1.82) is 0 Å². The van der Waals surface area contributed by atoms with Crippen molar-refractivity contribution in [2.45, 2.75) is 63.5 Å². The fraction of sp³-hybridized carbons (Fsp3) is 0.422. The second-order valence-electron chi connectivity index (χ2n) is 15.9. The molecule has 0 bridgehead atoms. The third-order valence-electron chi connectivity index (χ3n) is 11.9. The number of rotatable bonds is 19. The van der Waals surface area contributed by atoms with Crippen molar-refractivity contribution in [1.82, 2.24) is 29.7 Å². The van der Waals surface area contributed by atoms with Gasteiger partial charge in [0.25, 0.3) is 11.8 Å². The number of benzene rings is 2. The van der Waals surface area contributed by atoms with Crippen LogP contribution in [-0.2, 0) is 21.4 Å². The summed E-state index contributed by atoms with van der Waals surface area (Å²) in [5, 5.41) is 4.84. The summed E-state index contributed by atoms with van der Waals surface area (Å²) in [5.41, 5.74) is 5.26. The Morgan fingerprint density at radius 2 is 1.67 bits per heavy atom. The van der Waals surface area contributed by atoms with Crippen LogP contribution in [-0.4, -0.2) is 107 Å². The number of likely N-dealkylation sites (N-methyl/N-ethyl adjacent to an activating group) is 1. The molecule has 3 aromatic heterocycles. The summed E-state index contributed by atoms with van der Waals surface area (Å²) < 4.78 is 20.2. The van der Waals surface area contributed by atoms with E-state index >= 15 is 0 Å². The number of amides is 3. The number of fused-ring (bicyclic) bond motifs is 4. The Balaban J connectivity index is 0.672. The predicted molar refractivity (Wildman–Crippen MR) is 219 cm³/mol. The number of nitrogens with one attached hydrogen (secondary N) is 1. The van der Waals surface area contributed by atoms with Crippen molar-refractivity contribution >= 4 is 45.8 Å². The number of imide groups is 1. The van der Waals surface area contributed by atoms with Crippen LogP contribution in [0.2, 0.25) is 0 Å². The number of likely N-dealkylation sites (tertiary alicyclic amines) is 1. The molecule has 2 fully saturated rings. The minimum Gasteiger partial charge on any atom is -0.490 e. The molecule has 1 atom stereocenters. The van der Waals surface area contributed by atoms with E-state index in [9.17, 15) is 19.2 Å². The molecule has 8 rings (SSSR count). The van der Waals surface area contributed by atoms with Crippen LogP contribution in [0.3, 0.4) is 0 Å². The van der Waals surface area contributed by atoms with Crippen LogP contribution in [0.15, 0.2) is 73.2 Å². The largest absolute Gasteiger partial charge is 0.490 e. The van der Waals surface area contributed by atoms with Gasteiger partial charge >= 0.3 is 0 Å². The van der Waals surface area contributed by atoms with Gasteiger partial charge in [-0.1, -0.05) is 12.1 Å². The van der Waals surface area contributed by atoms with Crippen molar-refractivity contribution < 1.29 is 33.4 Å². The van der Waals surface area contributed by atoms with Crippen LogP contribution in [0.1, 0.15) is 72.1 Å². The molecular formula is C45H50N6O7. The summed E-state index contributed by atoms with van der Waals surface area (Å²) in [6.45, 7) is 5.29. The zero-order valence-corrected chi connectivity index (χ0v) is 33.2. The van der Waals surface area contributed by atoms with Crippen molar-refractivity contribution in [3.63, 3.8) is 0 Å². The van der Waals surface area contributed by atoms with E-state index in [1.54, 1.807) is 18.2 Å². The molecule has 3 aliphatic rings. The average Bonchev–Trinajstić information content (AvgIpc) is 3.64. The van der Waals surface area contributed by atoms with Crippen LogP contribution < -0.4 is 14.8 Å². The summed E-state index contributed by atoms with van der Waals surface area (Å²) in [4.78, 5) is 62.0. The highest BCUT2D eigenvalue weighted by molar-refractivity contribution is 6.23. The van der Waals surface area contributed by atoms with Crippen LogP contribution >= 0.6 is 0 Å². The number of carbonyl (C=O) groups is 4. The molecule has 1 aliphatic carbocycles. The summed E-state index contributed by atoms with van der Waals surface area (Å²) >= 11 is 0. The molecule has 5 heterocycles. The number of hydrogen-bond acceptors (Lipinski definition) is 10. The molecule has 2 aromatic carbocycles. The van der Waals surface area contributed by atoms with Gasteiger partial charge in [-0.25, -0.2) is 4.98 Å². The second-order valence-corrected chi connectivity index (χ2v) is 15.9. The maximum absolute atomic E-state index is 13.2. The van der Waals surface area contributed by atoms with E-state index in [1.807, 2.05) is 30.7 Å². The molecule has 1 spiro atoms. The monoisotopic (exact) mass is 786 g/mol. The Bertz CT molecular complexity index is 2310. The lowest BCUT2D eigenvalue weighted by Crippen LogP contribution is -2.64. The fourth-order valence-electron chi connectivity index (χ4n) is 8.86. The van der Waals surface area contributed by atoms with Gasteiger partial charge in [-0.2, -0.15) is 0 Å². The average molecular weight is 787 g/mol. The Labute approximate surface area is 337 Å². The molecule has 1 unspecified atom stereocenters. The summed E-state index contributed by atoms with van der Waals surface area (Å²) in [5.74, 6) is -0.376. The summed E-state index contributed by atoms with van der Waals surface area (Å²) in [6.07, 6.45) is 12.4. The van der Waals surface area contributed by atoms with E-state index in [0.717, 1.165) is 92.8 Å². The standard InChI is InChI=1S/C45H50N6O7/c1-46-42(53)39(8-7-18-52)51-43(54)35-13-11-32(23-36(35)44(51)55)58-33-24-45(25-33)28-50(29-45)17-3-4-19-56-20-5-6-21-57-41-14-10-31(26-48-41)30-9-12-34-37-27-47-16-15-38(37)49(2)40(34)22-30/h9-16,18,22-23,26-27,33,39H,3-8,17,19-21,24-25,28-29H2,1-2H3,(H,46,53). The molecular weight excluding hydrogens is 737 g/mol. The van der Waals surface area contributed by atoms with Gasteiger partial charge in [-0.3, -0.25) is 24.3 Å². The van der Waals surface area contributed by atoms with Crippen molar-refractivity contribution in [2.24, 2.45) is 12.5 Å². The van der Waals surface area contributed by atoms with Crippen LogP contribution in [0.5, 0.6) is 11.6 Å². The molecule has 2 aliphatic heterocycles. The van der Waals surface area contributed by atoms with Crippen LogP contribution in [0.4, 0.5) is 0 Å². The molecule has 302 valence electrons. The normalized spacial score (nSPS) is 16.7. The molecule has 13 nitrogen and oxygen atoms in total. The highest BCUT2D eigenvalue weighted by Gasteiger charge is 2.53. The van der Waals surface area contributed by atoms with E-state index in [-0.39, 0.29) is 30.1 Å². The summed E-state index contributed by atoms with van der Waals surface area (Å²) in [6, 6.07) is 16.4. The number of nitrogens with zero attached hydrogens (tertiary/aromatic N) is 5. The Morgan fingerprint density at radius 3 is 2.45 bits per heavy atom. The van der Waals surface area contributed by atoms with E-state index in [0.29, 0.717) is 29.9 Å². The Kier molecular flexibility index (Phi) is 11.5. The maximum atomic E-state index is 13.2. The predicted octanol–water partition coefficient (Wildman–Crippen LogP) is 5.98. The van der Waals surface area contributed by atoms with E-state index in [4.69, 9.17) is 14.2 Å². The highest BCUT2D eigenvalue weighted by atomic mass is 16.5. The van der Waals surface area contributed by atoms with Crippen LogP contribution in [0, 0.1) is 5.41 Å².